The molecule has 1 amide bonds. The third-order valence-corrected chi connectivity index (χ3v) is 4.61. The second-order valence-corrected chi connectivity index (χ2v) is 5.99. The maximum atomic E-state index is 12.3. The zero-order chi connectivity index (χ0) is 15.4. The third-order valence-electron chi connectivity index (χ3n) is 4.61. The Kier molecular flexibility index (Phi) is 4.83. The summed E-state index contributed by atoms with van der Waals surface area (Å²) in [7, 11) is 1.63. The van der Waals surface area contributed by atoms with Gasteiger partial charge in [0.2, 0.25) is 0 Å². The molecule has 5 heteroatoms. The number of ether oxygens (including phenoxy) is 2. The number of hydrogen-bond donors (Lipinski definition) is 0. The summed E-state index contributed by atoms with van der Waals surface area (Å²) in [5, 5.41) is 0. The minimum absolute atomic E-state index is 0.0843. The lowest BCUT2D eigenvalue weighted by Gasteiger charge is -2.43. The molecule has 2 aliphatic heterocycles. The van der Waals surface area contributed by atoms with Gasteiger partial charge in [-0.15, -0.1) is 0 Å². The molecular weight excluding hydrogens is 280 g/mol. The molecule has 0 aromatic heterocycles. The Morgan fingerprint density at radius 1 is 1.14 bits per heavy atom. The summed E-state index contributed by atoms with van der Waals surface area (Å²) in [6, 6.07) is 7.87. The molecule has 1 atom stereocenters. The van der Waals surface area contributed by atoms with Gasteiger partial charge in [0.05, 0.1) is 7.11 Å². The average molecular weight is 304 g/mol. The summed E-state index contributed by atoms with van der Waals surface area (Å²) in [5.41, 5.74) is 0. The van der Waals surface area contributed by atoms with Crippen LogP contribution >= 0.6 is 0 Å². The molecule has 2 fully saturated rings. The Bertz CT molecular complexity index is 503. The molecule has 5 nitrogen and oxygen atoms in total. The highest BCUT2D eigenvalue weighted by atomic mass is 16.5. The Labute approximate surface area is 131 Å². The molecule has 120 valence electrons. The van der Waals surface area contributed by atoms with Crippen molar-refractivity contribution in [1.82, 2.24) is 9.80 Å². The molecule has 0 N–H and O–H groups in total. The van der Waals surface area contributed by atoms with Crippen LogP contribution in [0, 0.1) is 0 Å². The maximum Gasteiger partial charge on any atom is 0.260 e. The fraction of sp³-hybridized carbons (Fsp3) is 0.588. The normalized spacial score (nSPS) is 22.0. The molecule has 1 aromatic carbocycles. The second-order valence-electron chi connectivity index (χ2n) is 5.99. The zero-order valence-corrected chi connectivity index (χ0v) is 13.2. The third kappa shape index (κ3) is 3.53. The van der Waals surface area contributed by atoms with E-state index in [0.717, 1.165) is 25.4 Å². The number of piperidine rings is 1. The molecule has 22 heavy (non-hydrogen) atoms. The average Bonchev–Trinajstić information content (AvgIpc) is 2.59. The maximum absolute atomic E-state index is 12.3. The molecule has 1 aromatic rings. The number of nitrogens with zero attached hydrogens (tertiary/aromatic N) is 2. The number of rotatable bonds is 4. The molecule has 2 aliphatic rings. The van der Waals surface area contributed by atoms with Crippen molar-refractivity contribution >= 4 is 5.91 Å². The monoisotopic (exact) mass is 304 g/mol. The number of methoxy groups -OCH3 is 1. The summed E-state index contributed by atoms with van der Waals surface area (Å²) in [6.45, 7) is 3.97. The van der Waals surface area contributed by atoms with E-state index in [1.807, 2.05) is 29.2 Å². The lowest BCUT2D eigenvalue weighted by Crippen LogP contribution is -2.56. The van der Waals surface area contributed by atoms with Crippen molar-refractivity contribution < 1.29 is 14.3 Å². The first kappa shape index (κ1) is 15.2. The SMILES string of the molecule is COc1ccc(OCC(=O)N2CCN3CCCCC3C2)cc1. The van der Waals surface area contributed by atoms with Gasteiger partial charge in [-0.25, -0.2) is 0 Å². The summed E-state index contributed by atoms with van der Waals surface area (Å²) in [4.78, 5) is 16.8. The minimum atomic E-state index is 0.0843. The largest absolute Gasteiger partial charge is 0.497 e. The summed E-state index contributed by atoms with van der Waals surface area (Å²) >= 11 is 0. The minimum Gasteiger partial charge on any atom is -0.497 e. The highest BCUT2D eigenvalue weighted by molar-refractivity contribution is 5.78. The van der Waals surface area contributed by atoms with E-state index in [-0.39, 0.29) is 12.5 Å². The van der Waals surface area contributed by atoms with Crippen molar-refractivity contribution in [2.45, 2.75) is 25.3 Å². The standard InChI is InChI=1S/C17H24N2O3/c1-21-15-5-7-16(8-6-15)22-13-17(20)19-11-10-18-9-3-2-4-14(18)12-19/h5-8,14H,2-4,9-13H2,1H3. The molecule has 2 heterocycles. The number of carbonyl (C=O) groups excluding carboxylic acids is 1. The van der Waals surface area contributed by atoms with Crippen molar-refractivity contribution in [3.05, 3.63) is 24.3 Å². The fourth-order valence-corrected chi connectivity index (χ4v) is 3.29. The highest BCUT2D eigenvalue weighted by Gasteiger charge is 2.30. The Morgan fingerprint density at radius 2 is 1.91 bits per heavy atom. The van der Waals surface area contributed by atoms with Gasteiger partial charge >= 0.3 is 0 Å². The van der Waals surface area contributed by atoms with E-state index in [0.29, 0.717) is 11.8 Å². The van der Waals surface area contributed by atoms with E-state index in [1.54, 1.807) is 7.11 Å². The highest BCUT2D eigenvalue weighted by Crippen LogP contribution is 2.21. The van der Waals surface area contributed by atoms with Crippen LogP contribution in [0.25, 0.3) is 0 Å². The fourth-order valence-electron chi connectivity index (χ4n) is 3.29. The van der Waals surface area contributed by atoms with E-state index in [9.17, 15) is 4.79 Å². The van der Waals surface area contributed by atoms with Gasteiger partial charge in [0.15, 0.2) is 6.61 Å². The van der Waals surface area contributed by atoms with E-state index in [4.69, 9.17) is 9.47 Å². The predicted molar refractivity (Wildman–Crippen MR) is 84.3 cm³/mol. The molecule has 0 spiro atoms. The van der Waals surface area contributed by atoms with Gasteiger partial charge < -0.3 is 14.4 Å². The number of benzene rings is 1. The van der Waals surface area contributed by atoms with Crippen molar-refractivity contribution in [3.8, 4) is 11.5 Å². The topological polar surface area (TPSA) is 42.0 Å². The van der Waals surface area contributed by atoms with Gasteiger partial charge in [0, 0.05) is 25.7 Å². The quantitative estimate of drug-likeness (QED) is 0.850. The molecular formula is C17H24N2O3. The van der Waals surface area contributed by atoms with Crippen LogP contribution in [0.4, 0.5) is 0 Å². The zero-order valence-electron chi connectivity index (χ0n) is 13.2. The van der Waals surface area contributed by atoms with Gasteiger partial charge in [0.25, 0.3) is 5.91 Å². The van der Waals surface area contributed by atoms with Crippen LogP contribution in [0.15, 0.2) is 24.3 Å². The van der Waals surface area contributed by atoms with Crippen molar-refractivity contribution in [1.29, 1.82) is 0 Å². The van der Waals surface area contributed by atoms with Gasteiger partial charge in [-0.1, -0.05) is 6.42 Å². The van der Waals surface area contributed by atoms with E-state index < -0.39 is 0 Å². The van der Waals surface area contributed by atoms with E-state index in [2.05, 4.69) is 4.90 Å². The molecule has 0 saturated carbocycles. The van der Waals surface area contributed by atoms with Crippen LogP contribution in [-0.4, -0.2) is 61.6 Å². The molecule has 0 bridgehead atoms. The molecule has 0 aliphatic carbocycles. The van der Waals surface area contributed by atoms with Crippen LogP contribution in [0.2, 0.25) is 0 Å². The van der Waals surface area contributed by atoms with Gasteiger partial charge in [-0.2, -0.15) is 0 Å². The van der Waals surface area contributed by atoms with Gasteiger partial charge in [-0.05, 0) is 43.7 Å². The van der Waals surface area contributed by atoms with Gasteiger partial charge in [-0.3, -0.25) is 9.69 Å². The number of piperazine rings is 1. The smallest absolute Gasteiger partial charge is 0.260 e. The van der Waals surface area contributed by atoms with Crippen LogP contribution in [0.1, 0.15) is 19.3 Å². The van der Waals surface area contributed by atoms with Crippen molar-refractivity contribution in [2.24, 2.45) is 0 Å². The number of amides is 1. The van der Waals surface area contributed by atoms with Crippen LogP contribution in [0.5, 0.6) is 11.5 Å². The molecule has 2 saturated heterocycles. The van der Waals surface area contributed by atoms with Crippen molar-refractivity contribution in [3.63, 3.8) is 0 Å². The van der Waals surface area contributed by atoms with Crippen LogP contribution in [-0.2, 0) is 4.79 Å². The Balaban J connectivity index is 1.49. The van der Waals surface area contributed by atoms with Gasteiger partial charge in [0.1, 0.15) is 11.5 Å². The summed E-state index contributed by atoms with van der Waals surface area (Å²) < 4.78 is 10.7. The molecule has 3 rings (SSSR count). The van der Waals surface area contributed by atoms with Crippen molar-refractivity contribution in [2.75, 3.05) is 39.9 Å². The predicted octanol–water partition coefficient (Wildman–Crippen LogP) is 1.77. The Hall–Kier alpha value is -1.75. The second kappa shape index (κ2) is 7.01. The van der Waals surface area contributed by atoms with E-state index >= 15 is 0 Å². The number of carbonyl (C=O) groups is 1. The first-order valence-electron chi connectivity index (χ1n) is 8.05. The number of fused-ring (bicyclic) bond motifs is 1. The molecule has 1 unspecified atom stereocenters. The first-order valence-corrected chi connectivity index (χ1v) is 8.05. The first-order chi connectivity index (χ1) is 10.8. The summed E-state index contributed by atoms with van der Waals surface area (Å²) in [5.74, 6) is 1.57. The van der Waals surface area contributed by atoms with E-state index in [1.165, 1.54) is 25.8 Å². The lowest BCUT2D eigenvalue weighted by atomic mass is 9.99. The lowest BCUT2D eigenvalue weighted by molar-refractivity contribution is -0.136. The Morgan fingerprint density at radius 3 is 2.68 bits per heavy atom. The van der Waals surface area contributed by atoms with Crippen LogP contribution < -0.4 is 9.47 Å². The summed E-state index contributed by atoms with van der Waals surface area (Å²) in [6.07, 6.45) is 3.79. The molecule has 0 radical (unpaired) electrons. The van der Waals surface area contributed by atoms with Crippen LogP contribution in [0.3, 0.4) is 0 Å². The number of hydrogen-bond acceptors (Lipinski definition) is 4.